The predicted molar refractivity (Wildman–Crippen MR) is 105 cm³/mol. The zero-order chi connectivity index (χ0) is 19.1. The third kappa shape index (κ3) is 3.49. The fraction of sp³-hybridized carbons (Fsp3) is 0.810. The van der Waals surface area contributed by atoms with E-state index < -0.39 is 0 Å². The highest BCUT2D eigenvalue weighted by molar-refractivity contribution is 5.21. The summed E-state index contributed by atoms with van der Waals surface area (Å²) in [6.45, 7) is 8.48. The lowest BCUT2D eigenvalue weighted by molar-refractivity contribution is 0.145. The fourth-order valence-corrected chi connectivity index (χ4v) is 5.18. The molecule has 4 heterocycles. The minimum absolute atomic E-state index is 0.463. The zero-order valence-electron chi connectivity index (χ0n) is 17.2. The second-order valence-electron chi connectivity index (χ2n) is 9.53. The molecule has 7 nitrogen and oxygen atoms in total. The Bertz CT molecular complexity index is 817. The lowest BCUT2D eigenvalue weighted by atomic mass is 9.90. The van der Waals surface area contributed by atoms with Crippen LogP contribution in [0.4, 0.5) is 0 Å². The molecule has 0 aromatic carbocycles. The quantitative estimate of drug-likeness (QED) is 0.787. The number of piperidine rings is 1. The first-order valence-corrected chi connectivity index (χ1v) is 11.1. The van der Waals surface area contributed by atoms with Crippen LogP contribution in [0.3, 0.4) is 0 Å². The molecule has 1 aliphatic carbocycles. The van der Waals surface area contributed by atoms with Gasteiger partial charge in [0.15, 0.2) is 5.82 Å². The van der Waals surface area contributed by atoms with Crippen LogP contribution < -0.4 is 0 Å². The number of rotatable bonds is 5. The van der Waals surface area contributed by atoms with Crippen LogP contribution in [-0.2, 0) is 25.9 Å². The Labute approximate surface area is 166 Å². The molecule has 3 aliphatic rings. The van der Waals surface area contributed by atoms with E-state index in [0.29, 0.717) is 17.3 Å². The number of likely N-dealkylation sites (tertiary alicyclic amines) is 1. The minimum atomic E-state index is 0.463. The first kappa shape index (κ1) is 18.3. The van der Waals surface area contributed by atoms with Crippen LogP contribution in [0.2, 0.25) is 0 Å². The van der Waals surface area contributed by atoms with Crippen molar-refractivity contribution in [1.29, 1.82) is 0 Å². The monoisotopic (exact) mass is 384 g/mol. The van der Waals surface area contributed by atoms with E-state index in [0.717, 1.165) is 50.7 Å². The van der Waals surface area contributed by atoms with E-state index in [9.17, 15) is 0 Å². The third-order valence-corrected chi connectivity index (χ3v) is 6.95. The standard InChI is InChI=1S/C21H32N6O/c1-15(2)12-17-22-19(28-25-17)14-26-10-7-21(8-11-26)13-16(21)20-24-23-18-6-4-3-5-9-27(18)20/h15-16H,3-14H2,1-2H3. The normalized spacial score (nSPS) is 24.5. The number of hydrogen-bond donors (Lipinski definition) is 0. The van der Waals surface area contributed by atoms with Gasteiger partial charge in [0.05, 0.1) is 6.54 Å². The second kappa shape index (κ2) is 7.25. The predicted octanol–water partition coefficient (Wildman–Crippen LogP) is 3.36. The molecule has 2 aromatic rings. The maximum absolute atomic E-state index is 5.47. The molecule has 1 atom stereocenters. The number of hydrogen-bond acceptors (Lipinski definition) is 6. The van der Waals surface area contributed by atoms with E-state index >= 15 is 0 Å². The van der Waals surface area contributed by atoms with Gasteiger partial charge in [-0.15, -0.1) is 10.2 Å². The molecule has 5 rings (SSSR count). The summed E-state index contributed by atoms with van der Waals surface area (Å²) in [5.74, 6) is 5.28. The van der Waals surface area contributed by atoms with Crippen molar-refractivity contribution in [2.24, 2.45) is 11.3 Å². The van der Waals surface area contributed by atoms with Gasteiger partial charge >= 0.3 is 0 Å². The molecule has 0 bridgehead atoms. The Kier molecular flexibility index (Phi) is 4.73. The van der Waals surface area contributed by atoms with Crippen molar-refractivity contribution in [3.05, 3.63) is 23.4 Å². The summed E-state index contributed by atoms with van der Waals surface area (Å²) in [6.07, 6.45) is 9.62. The molecule has 0 amide bonds. The van der Waals surface area contributed by atoms with Gasteiger partial charge in [-0.2, -0.15) is 4.98 Å². The Morgan fingerprint density at radius 1 is 1.11 bits per heavy atom. The van der Waals surface area contributed by atoms with Crippen LogP contribution in [0.5, 0.6) is 0 Å². The maximum atomic E-state index is 5.47. The van der Waals surface area contributed by atoms with Crippen LogP contribution in [0, 0.1) is 11.3 Å². The summed E-state index contributed by atoms with van der Waals surface area (Å²) in [5.41, 5.74) is 0.463. The second-order valence-corrected chi connectivity index (χ2v) is 9.53. The summed E-state index contributed by atoms with van der Waals surface area (Å²) >= 11 is 0. The van der Waals surface area contributed by atoms with Crippen molar-refractivity contribution in [3.63, 3.8) is 0 Å². The van der Waals surface area contributed by atoms with Crippen molar-refractivity contribution in [2.45, 2.75) is 84.2 Å². The molecule has 2 aromatic heterocycles. The number of fused-ring (bicyclic) bond motifs is 1. The molecule has 0 N–H and O–H groups in total. The molecule has 1 spiro atoms. The maximum Gasteiger partial charge on any atom is 0.240 e. The number of aromatic nitrogens is 5. The molecule has 28 heavy (non-hydrogen) atoms. The zero-order valence-corrected chi connectivity index (χ0v) is 17.2. The van der Waals surface area contributed by atoms with Gasteiger partial charge in [0, 0.05) is 25.3 Å². The average molecular weight is 385 g/mol. The summed E-state index contributed by atoms with van der Waals surface area (Å²) in [4.78, 5) is 7.04. The summed E-state index contributed by atoms with van der Waals surface area (Å²) in [7, 11) is 0. The highest BCUT2D eigenvalue weighted by Crippen LogP contribution is 2.64. The van der Waals surface area contributed by atoms with E-state index in [1.165, 1.54) is 50.2 Å². The largest absolute Gasteiger partial charge is 0.338 e. The van der Waals surface area contributed by atoms with Gasteiger partial charge in [0.1, 0.15) is 11.6 Å². The van der Waals surface area contributed by atoms with E-state index in [1.807, 2.05) is 0 Å². The van der Waals surface area contributed by atoms with E-state index in [1.54, 1.807) is 0 Å². The molecule has 7 heteroatoms. The Balaban J connectivity index is 1.18. The van der Waals surface area contributed by atoms with Crippen molar-refractivity contribution >= 4 is 0 Å². The first-order chi connectivity index (χ1) is 13.6. The Morgan fingerprint density at radius 3 is 2.79 bits per heavy atom. The SMILES string of the molecule is CC(C)Cc1noc(CN2CCC3(CC2)CC3c2nnc3n2CCCCC3)n1. The molecule has 1 unspecified atom stereocenters. The van der Waals surface area contributed by atoms with Crippen LogP contribution in [-0.4, -0.2) is 42.9 Å². The Morgan fingerprint density at radius 2 is 1.96 bits per heavy atom. The molecule has 2 aliphatic heterocycles. The third-order valence-electron chi connectivity index (χ3n) is 6.95. The summed E-state index contributed by atoms with van der Waals surface area (Å²) < 4.78 is 7.92. The Hall–Kier alpha value is -1.76. The highest BCUT2D eigenvalue weighted by atomic mass is 16.5. The van der Waals surface area contributed by atoms with Crippen LogP contribution >= 0.6 is 0 Å². The van der Waals surface area contributed by atoms with Gasteiger partial charge in [-0.25, -0.2) is 0 Å². The molecule has 152 valence electrons. The topological polar surface area (TPSA) is 72.9 Å². The van der Waals surface area contributed by atoms with Crippen LogP contribution in [0.15, 0.2) is 4.52 Å². The van der Waals surface area contributed by atoms with Gasteiger partial charge in [-0.05, 0) is 56.5 Å². The lowest BCUT2D eigenvalue weighted by Crippen LogP contribution is -2.34. The molecule has 2 fully saturated rings. The van der Waals surface area contributed by atoms with Gasteiger partial charge in [-0.1, -0.05) is 25.4 Å². The van der Waals surface area contributed by atoms with Gasteiger partial charge < -0.3 is 9.09 Å². The van der Waals surface area contributed by atoms with E-state index in [2.05, 4.69) is 43.7 Å². The van der Waals surface area contributed by atoms with Crippen LogP contribution in [0.1, 0.15) is 81.7 Å². The van der Waals surface area contributed by atoms with Crippen molar-refractivity contribution in [1.82, 2.24) is 29.8 Å². The van der Waals surface area contributed by atoms with E-state index in [4.69, 9.17) is 4.52 Å². The van der Waals surface area contributed by atoms with Gasteiger partial charge in [0.2, 0.25) is 5.89 Å². The number of nitrogens with zero attached hydrogens (tertiary/aromatic N) is 6. The van der Waals surface area contributed by atoms with Crippen molar-refractivity contribution in [2.75, 3.05) is 13.1 Å². The minimum Gasteiger partial charge on any atom is -0.338 e. The molecule has 1 saturated heterocycles. The summed E-state index contributed by atoms with van der Waals surface area (Å²) in [6, 6.07) is 0. The first-order valence-electron chi connectivity index (χ1n) is 11.1. The molecule has 0 radical (unpaired) electrons. The van der Waals surface area contributed by atoms with Crippen LogP contribution in [0.25, 0.3) is 0 Å². The lowest BCUT2D eigenvalue weighted by Gasteiger charge is -2.31. The highest BCUT2D eigenvalue weighted by Gasteiger charge is 2.57. The van der Waals surface area contributed by atoms with Gasteiger partial charge in [0.25, 0.3) is 0 Å². The molecule has 1 saturated carbocycles. The van der Waals surface area contributed by atoms with Crippen molar-refractivity contribution in [3.8, 4) is 0 Å². The molecular weight excluding hydrogens is 352 g/mol. The smallest absolute Gasteiger partial charge is 0.240 e. The van der Waals surface area contributed by atoms with Crippen molar-refractivity contribution < 1.29 is 4.52 Å². The molecular formula is C21H32N6O. The fourth-order valence-electron chi connectivity index (χ4n) is 5.18. The number of aryl methyl sites for hydroxylation is 1. The van der Waals surface area contributed by atoms with E-state index in [-0.39, 0.29) is 0 Å². The summed E-state index contributed by atoms with van der Waals surface area (Å²) in [5, 5.41) is 13.3. The average Bonchev–Trinajstić information content (AvgIpc) is 3.08. The van der Waals surface area contributed by atoms with Gasteiger partial charge in [-0.3, -0.25) is 4.90 Å².